The van der Waals surface area contributed by atoms with Gasteiger partial charge in [-0.3, -0.25) is 4.79 Å². The van der Waals surface area contributed by atoms with Crippen molar-refractivity contribution in [2.45, 2.75) is 20.3 Å². The van der Waals surface area contributed by atoms with Gasteiger partial charge in [0.25, 0.3) is 0 Å². The quantitative estimate of drug-likeness (QED) is 0.478. The van der Waals surface area contributed by atoms with E-state index in [-0.39, 0.29) is 16.9 Å². The number of amides is 1. The number of carbonyl (C=O) groups is 1. The van der Waals surface area contributed by atoms with Gasteiger partial charge in [0.05, 0.1) is 10.6 Å². The van der Waals surface area contributed by atoms with Crippen molar-refractivity contribution in [2.75, 3.05) is 5.32 Å². The molecule has 3 rings (SSSR count). The Morgan fingerprint density at radius 1 is 1.30 bits per heavy atom. The molecular formula is C19H17BrClN3O2S. The van der Waals surface area contributed by atoms with Crippen LogP contribution in [-0.2, 0) is 4.79 Å². The number of aromatic nitrogens is 1. The summed E-state index contributed by atoms with van der Waals surface area (Å²) in [7, 11) is 0. The van der Waals surface area contributed by atoms with Gasteiger partial charge in [-0.05, 0) is 54.5 Å². The highest BCUT2D eigenvalue weighted by atomic mass is 79.9. The zero-order valence-corrected chi connectivity index (χ0v) is 17.8. The van der Waals surface area contributed by atoms with Gasteiger partial charge in [0.1, 0.15) is 5.52 Å². The molecule has 0 fully saturated rings. The van der Waals surface area contributed by atoms with E-state index in [1.165, 1.54) is 0 Å². The molecule has 1 aromatic heterocycles. The molecule has 1 heterocycles. The fourth-order valence-corrected chi connectivity index (χ4v) is 3.28. The normalized spacial score (nSPS) is 11.0. The maximum Gasteiger partial charge on any atom is 0.228 e. The molecule has 0 saturated heterocycles. The largest absolute Gasteiger partial charge is 0.436 e. The lowest BCUT2D eigenvalue weighted by Gasteiger charge is -2.10. The molecule has 0 aliphatic rings. The summed E-state index contributed by atoms with van der Waals surface area (Å²) in [6.07, 6.45) is 0.418. The number of hydrogen-bond donors (Lipinski definition) is 2. The lowest BCUT2D eigenvalue weighted by Crippen LogP contribution is -2.34. The van der Waals surface area contributed by atoms with Crippen molar-refractivity contribution in [3.63, 3.8) is 0 Å². The Kier molecular flexibility index (Phi) is 6.14. The molecule has 0 spiro atoms. The summed E-state index contributed by atoms with van der Waals surface area (Å²) in [4.78, 5) is 16.3. The molecule has 140 valence electrons. The minimum atomic E-state index is -0.114. The lowest BCUT2D eigenvalue weighted by molar-refractivity contribution is -0.120. The van der Waals surface area contributed by atoms with Gasteiger partial charge >= 0.3 is 0 Å². The van der Waals surface area contributed by atoms with Crippen molar-refractivity contribution in [3.05, 3.63) is 45.9 Å². The van der Waals surface area contributed by atoms with Gasteiger partial charge in [-0.1, -0.05) is 41.4 Å². The van der Waals surface area contributed by atoms with Crippen LogP contribution in [0.25, 0.3) is 22.6 Å². The number of nitrogens with zero attached hydrogens (tertiary/aromatic N) is 1. The molecule has 0 radical (unpaired) electrons. The predicted octanol–water partition coefficient (Wildman–Crippen LogP) is 5.77. The average Bonchev–Trinajstić information content (AvgIpc) is 2.99. The third-order valence-electron chi connectivity index (χ3n) is 3.65. The molecule has 0 aliphatic carbocycles. The van der Waals surface area contributed by atoms with Crippen LogP contribution in [0.4, 0.5) is 5.69 Å². The van der Waals surface area contributed by atoms with Gasteiger partial charge in [-0.2, -0.15) is 0 Å². The first-order valence-electron chi connectivity index (χ1n) is 8.28. The van der Waals surface area contributed by atoms with Gasteiger partial charge in [-0.15, -0.1) is 0 Å². The van der Waals surface area contributed by atoms with Crippen LogP contribution < -0.4 is 10.6 Å². The smallest absolute Gasteiger partial charge is 0.228 e. The Hall–Kier alpha value is -1.96. The number of halogens is 2. The topological polar surface area (TPSA) is 67.2 Å². The Morgan fingerprint density at radius 2 is 2.07 bits per heavy atom. The summed E-state index contributed by atoms with van der Waals surface area (Å²) in [5.41, 5.74) is 2.69. The second kappa shape index (κ2) is 8.37. The Balaban J connectivity index is 1.79. The number of oxazole rings is 1. The van der Waals surface area contributed by atoms with Crippen molar-refractivity contribution >= 4 is 67.6 Å². The third-order valence-corrected chi connectivity index (χ3v) is 4.68. The zero-order chi connectivity index (χ0) is 19.6. The molecule has 0 saturated carbocycles. The molecule has 2 aromatic carbocycles. The van der Waals surface area contributed by atoms with E-state index in [4.69, 9.17) is 28.2 Å². The van der Waals surface area contributed by atoms with E-state index in [0.717, 1.165) is 4.47 Å². The van der Waals surface area contributed by atoms with E-state index >= 15 is 0 Å². The van der Waals surface area contributed by atoms with Crippen LogP contribution in [0, 0.1) is 5.92 Å². The van der Waals surface area contributed by atoms with Crippen LogP contribution in [-0.4, -0.2) is 16.0 Å². The third kappa shape index (κ3) is 5.06. The SMILES string of the molecule is CC(C)CC(=O)NC(=S)Nc1ccc2oc(-c3cc(Br)ccc3Cl)nc2c1. The molecule has 0 atom stereocenters. The standard InChI is InChI=1S/C19H17BrClN3O2S/c1-10(2)7-17(25)24-19(27)22-12-4-6-16-15(9-12)23-18(26-16)13-8-11(20)3-5-14(13)21/h3-6,8-10H,7H2,1-2H3,(H2,22,24,25,27). The van der Waals surface area contributed by atoms with E-state index in [9.17, 15) is 4.79 Å². The summed E-state index contributed by atoms with van der Waals surface area (Å²) in [5, 5.41) is 6.46. The van der Waals surface area contributed by atoms with E-state index in [0.29, 0.717) is 39.7 Å². The summed E-state index contributed by atoms with van der Waals surface area (Å²) in [5.74, 6) is 0.584. The molecule has 0 aliphatic heterocycles. The van der Waals surface area contributed by atoms with Crippen LogP contribution in [0.3, 0.4) is 0 Å². The van der Waals surface area contributed by atoms with Crippen molar-refractivity contribution in [2.24, 2.45) is 5.92 Å². The molecule has 0 unspecified atom stereocenters. The van der Waals surface area contributed by atoms with E-state index in [1.54, 1.807) is 24.3 Å². The number of anilines is 1. The zero-order valence-electron chi connectivity index (χ0n) is 14.7. The highest BCUT2D eigenvalue weighted by molar-refractivity contribution is 9.10. The number of nitrogens with one attached hydrogen (secondary N) is 2. The van der Waals surface area contributed by atoms with Gasteiger partial charge < -0.3 is 15.1 Å². The van der Waals surface area contributed by atoms with E-state index in [1.807, 2.05) is 26.0 Å². The summed E-state index contributed by atoms with van der Waals surface area (Å²) >= 11 is 14.9. The summed E-state index contributed by atoms with van der Waals surface area (Å²) in [6.45, 7) is 3.95. The maximum absolute atomic E-state index is 11.8. The number of rotatable bonds is 4. The van der Waals surface area contributed by atoms with E-state index in [2.05, 4.69) is 31.5 Å². The molecular weight excluding hydrogens is 450 g/mol. The number of fused-ring (bicyclic) bond motifs is 1. The van der Waals surface area contributed by atoms with Gasteiger partial charge in [-0.25, -0.2) is 4.98 Å². The van der Waals surface area contributed by atoms with Crippen LogP contribution in [0.5, 0.6) is 0 Å². The second-order valence-corrected chi connectivity index (χ2v) is 8.16. The Bertz CT molecular complexity index is 1020. The van der Waals surface area contributed by atoms with Gasteiger partial charge in [0.2, 0.25) is 11.8 Å². The number of benzene rings is 2. The average molecular weight is 467 g/mol. The molecule has 27 heavy (non-hydrogen) atoms. The van der Waals surface area contributed by atoms with Gasteiger partial charge in [0, 0.05) is 16.6 Å². The molecule has 8 heteroatoms. The molecule has 3 aromatic rings. The highest BCUT2D eigenvalue weighted by Gasteiger charge is 2.13. The fraction of sp³-hybridized carbons (Fsp3) is 0.211. The minimum Gasteiger partial charge on any atom is -0.436 e. The first-order valence-corrected chi connectivity index (χ1v) is 9.86. The minimum absolute atomic E-state index is 0.114. The maximum atomic E-state index is 11.8. The van der Waals surface area contributed by atoms with Crippen LogP contribution in [0.15, 0.2) is 45.3 Å². The Labute approximate surface area is 175 Å². The van der Waals surface area contributed by atoms with Crippen LogP contribution in [0.2, 0.25) is 5.02 Å². The van der Waals surface area contributed by atoms with Crippen molar-refractivity contribution in [1.29, 1.82) is 0 Å². The lowest BCUT2D eigenvalue weighted by atomic mass is 10.1. The molecule has 0 bridgehead atoms. The monoisotopic (exact) mass is 465 g/mol. The van der Waals surface area contributed by atoms with Crippen molar-refractivity contribution in [1.82, 2.24) is 10.3 Å². The molecule has 1 amide bonds. The number of carbonyl (C=O) groups excluding carboxylic acids is 1. The van der Waals surface area contributed by atoms with Crippen LogP contribution in [0.1, 0.15) is 20.3 Å². The first kappa shape index (κ1) is 19.8. The number of thiocarbonyl (C=S) groups is 1. The predicted molar refractivity (Wildman–Crippen MR) is 116 cm³/mol. The molecule has 2 N–H and O–H groups in total. The first-order chi connectivity index (χ1) is 12.8. The van der Waals surface area contributed by atoms with E-state index < -0.39 is 0 Å². The molecule has 5 nitrogen and oxygen atoms in total. The number of hydrogen-bond acceptors (Lipinski definition) is 4. The van der Waals surface area contributed by atoms with Crippen LogP contribution >= 0.6 is 39.7 Å². The second-order valence-electron chi connectivity index (χ2n) is 6.43. The highest BCUT2D eigenvalue weighted by Crippen LogP contribution is 2.32. The fourth-order valence-electron chi connectivity index (χ4n) is 2.49. The van der Waals surface area contributed by atoms with Crippen molar-refractivity contribution < 1.29 is 9.21 Å². The summed E-state index contributed by atoms with van der Waals surface area (Å²) < 4.78 is 6.69. The summed E-state index contributed by atoms with van der Waals surface area (Å²) in [6, 6.07) is 10.9. The van der Waals surface area contributed by atoms with Crippen molar-refractivity contribution in [3.8, 4) is 11.5 Å². The van der Waals surface area contributed by atoms with Gasteiger partial charge in [0.15, 0.2) is 10.7 Å². The Morgan fingerprint density at radius 3 is 2.81 bits per heavy atom.